The molecule has 0 aliphatic carbocycles. The van der Waals surface area contributed by atoms with E-state index in [4.69, 9.17) is 27.0 Å². The lowest BCUT2D eigenvalue weighted by Crippen LogP contribution is -2.27. The van der Waals surface area contributed by atoms with Crippen molar-refractivity contribution in [3.63, 3.8) is 0 Å². The summed E-state index contributed by atoms with van der Waals surface area (Å²) in [5, 5.41) is 3.03. The van der Waals surface area contributed by atoms with E-state index in [0.717, 1.165) is 13.1 Å². The molecule has 0 amide bonds. The van der Waals surface area contributed by atoms with E-state index in [1.807, 2.05) is 0 Å². The van der Waals surface area contributed by atoms with Crippen molar-refractivity contribution in [3.8, 4) is 0 Å². The minimum absolute atomic E-state index is 0.107. The fraction of sp³-hybridized carbons (Fsp3) is 1.00. The lowest BCUT2D eigenvalue weighted by molar-refractivity contribution is 0.202. The summed E-state index contributed by atoms with van der Waals surface area (Å²) in [5.41, 5.74) is 15.2. The molecule has 0 fully saturated rings. The lowest BCUT2D eigenvalue weighted by Gasteiger charge is -2.00. The Morgan fingerprint density at radius 3 is 1.73 bits per heavy atom. The van der Waals surface area contributed by atoms with Gasteiger partial charge in [0.05, 0.1) is 6.61 Å². The first-order valence-corrected chi connectivity index (χ1v) is 6.02. The Kier molecular flexibility index (Phi) is 13.9. The highest BCUT2D eigenvalue weighted by Crippen LogP contribution is 2.34. The monoisotopic (exact) mass is 244 g/mol. The highest BCUT2D eigenvalue weighted by molar-refractivity contribution is 7.46. The predicted molar refractivity (Wildman–Crippen MR) is 58.0 cm³/mol. The maximum absolute atomic E-state index is 9.81. The molecule has 94 valence electrons. The summed E-state index contributed by atoms with van der Waals surface area (Å²) in [4.78, 5) is 16.0. The van der Waals surface area contributed by atoms with Crippen molar-refractivity contribution in [1.29, 1.82) is 0 Å². The number of hydrogen-bond acceptors (Lipinski definition) is 6. The van der Waals surface area contributed by atoms with E-state index in [2.05, 4.69) is 9.84 Å². The van der Waals surface area contributed by atoms with Crippen LogP contribution in [-0.2, 0) is 9.09 Å². The van der Waals surface area contributed by atoms with Crippen LogP contribution in [-0.4, -0.2) is 49.1 Å². The first-order valence-electron chi connectivity index (χ1n) is 4.49. The van der Waals surface area contributed by atoms with E-state index in [1.54, 1.807) is 0 Å². The zero-order valence-corrected chi connectivity index (χ0v) is 9.53. The van der Waals surface area contributed by atoms with Gasteiger partial charge in [0.15, 0.2) is 0 Å². The molecule has 15 heavy (non-hydrogen) atoms. The van der Waals surface area contributed by atoms with Gasteiger partial charge in [-0.1, -0.05) is 0 Å². The van der Waals surface area contributed by atoms with Crippen LogP contribution in [0.25, 0.3) is 0 Å². The first-order chi connectivity index (χ1) is 6.97. The van der Waals surface area contributed by atoms with E-state index in [1.165, 1.54) is 0 Å². The number of rotatable bonds is 7. The van der Waals surface area contributed by atoms with Gasteiger partial charge in [-0.25, -0.2) is 4.57 Å². The maximum atomic E-state index is 9.81. The highest BCUT2D eigenvalue weighted by Gasteiger charge is 2.11. The molecule has 0 aromatic carbocycles. The van der Waals surface area contributed by atoms with Crippen LogP contribution in [0.2, 0.25) is 0 Å². The standard InChI is InChI=1S/C4H13N3.C2H8NO4P/c5-1-3-7-4-2-6;3-1-2-7-8(4,5)6/h7H,1-6H2;1-3H2,(H2,4,5,6). The summed E-state index contributed by atoms with van der Waals surface area (Å²) >= 11 is 0. The van der Waals surface area contributed by atoms with Crippen molar-refractivity contribution in [2.75, 3.05) is 39.3 Å². The summed E-state index contributed by atoms with van der Waals surface area (Å²) in [7, 11) is -4.26. The van der Waals surface area contributed by atoms with Crippen LogP contribution in [0.4, 0.5) is 0 Å². The molecular formula is C6H21N4O4P. The van der Waals surface area contributed by atoms with Crippen molar-refractivity contribution in [2.45, 2.75) is 0 Å². The van der Waals surface area contributed by atoms with Gasteiger partial charge in [0.25, 0.3) is 0 Å². The van der Waals surface area contributed by atoms with Crippen molar-refractivity contribution >= 4 is 7.82 Å². The summed E-state index contributed by atoms with van der Waals surface area (Å²) in [5.74, 6) is 0. The topological polar surface area (TPSA) is 157 Å². The van der Waals surface area contributed by atoms with Gasteiger partial charge in [0, 0.05) is 32.7 Å². The summed E-state index contributed by atoms with van der Waals surface area (Å²) in [6.45, 7) is 3.14. The van der Waals surface area contributed by atoms with Crippen molar-refractivity contribution in [3.05, 3.63) is 0 Å². The van der Waals surface area contributed by atoms with Gasteiger partial charge in [0.1, 0.15) is 0 Å². The summed E-state index contributed by atoms with van der Waals surface area (Å²) < 4.78 is 13.7. The quantitative estimate of drug-likeness (QED) is 0.213. The third-order valence-corrected chi connectivity index (χ3v) is 1.54. The van der Waals surface area contributed by atoms with Gasteiger partial charge in [-0.15, -0.1) is 0 Å². The SMILES string of the molecule is NCCNCCN.NCCOP(=O)(O)O. The number of nitrogens with two attached hydrogens (primary N) is 3. The molecule has 0 aliphatic rings. The fourth-order valence-electron chi connectivity index (χ4n) is 0.501. The van der Waals surface area contributed by atoms with Gasteiger partial charge < -0.3 is 32.3 Å². The second kappa shape index (κ2) is 12.0. The average Bonchev–Trinajstić information content (AvgIpc) is 2.16. The van der Waals surface area contributed by atoms with Crippen molar-refractivity contribution in [2.24, 2.45) is 17.2 Å². The molecule has 0 heterocycles. The van der Waals surface area contributed by atoms with Crippen LogP contribution in [0.1, 0.15) is 0 Å². The van der Waals surface area contributed by atoms with E-state index >= 15 is 0 Å². The third-order valence-electron chi connectivity index (χ3n) is 1.02. The molecule has 0 atom stereocenters. The minimum Gasteiger partial charge on any atom is -0.329 e. The summed E-state index contributed by atoms with van der Waals surface area (Å²) in [6, 6.07) is 0. The molecule has 0 aromatic rings. The zero-order chi connectivity index (χ0) is 12.2. The van der Waals surface area contributed by atoms with Gasteiger partial charge in [-0.3, -0.25) is 4.52 Å². The van der Waals surface area contributed by atoms with Crippen LogP contribution in [0.5, 0.6) is 0 Å². The average molecular weight is 244 g/mol. The Balaban J connectivity index is 0. The lowest BCUT2D eigenvalue weighted by atomic mass is 10.6. The van der Waals surface area contributed by atoms with Crippen LogP contribution in [0.15, 0.2) is 0 Å². The van der Waals surface area contributed by atoms with Gasteiger partial charge in [-0.05, 0) is 0 Å². The normalized spacial score (nSPS) is 10.7. The van der Waals surface area contributed by atoms with E-state index in [9.17, 15) is 4.57 Å². The predicted octanol–water partition coefficient (Wildman–Crippen LogP) is -2.45. The summed E-state index contributed by atoms with van der Waals surface area (Å²) in [6.07, 6.45) is 0. The van der Waals surface area contributed by atoms with Crippen LogP contribution >= 0.6 is 7.82 Å². The molecule has 0 saturated heterocycles. The van der Waals surface area contributed by atoms with Crippen LogP contribution < -0.4 is 22.5 Å². The molecule has 0 radical (unpaired) electrons. The van der Waals surface area contributed by atoms with Gasteiger partial charge in [0.2, 0.25) is 0 Å². The number of nitrogens with one attached hydrogen (secondary N) is 1. The largest absolute Gasteiger partial charge is 0.469 e. The molecule has 9 N–H and O–H groups in total. The zero-order valence-electron chi connectivity index (χ0n) is 8.63. The molecule has 0 spiro atoms. The van der Waals surface area contributed by atoms with Gasteiger partial charge in [-0.2, -0.15) is 0 Å². The molecule has 9 heteroatoms. The van der Waals surface area contributed by atoms with E-state index < -0.39 is 7.82 Å². The molecule has 0 aliphatic heterocycles. The Hall–Kier alpha value is -0.0500. The fourth-order valence-corrected chi connectivity index (χ4v) is 0.844. The molecule has 8 nitrogen and oxygen atoms in total. The van der Waals surface area contributed by atoms with Gasteiger partial charge >= 0.3 is 7.82 Å². The Morgan fingerprint density at radius 2 is 1.53 bits per heavy atom. The molecule has 0 bridgehead atoms. The second-order valence-corrected chi connectivity index (χ2v) is 3.68. The third kappa shape index (κ3) is 24.9. The molecule has 0 aromatic heterocycles. The number of phosphoric ester groups is 1. The van der Waals surface area contributed by atoms with E-state index in [0.29, 0.717) is 13.1 Å². The molecule has 0 saturated carbocycles. The van der Waals surface area contributed by atoms with Crippen LogP contribution in [0, 0.1) is 0 Å². The maximum Gasteiger partial charge on any atom is 0.469 e. The second-order valence-electron chi connectivity index (χ2n) is 2.44. The Labute approximate surface area is 89.4 Å². The Bertz CT molecular complexity index is 161. The van der Waals surface area contributed by atoms with Crippen molar-refractivity contribution in [1.82, 2.24) is 5.32 Å². The van der Waals surface area contributed by atoms with Crippen LogP contribution in [0.3, 0.4) is 0 Å². The number of hydrogen-bond donors (Lipinski definition) is 6. The molecular weight excluding hydrogens is 223 g/mol. The minimum atomic E-state index is -4.26. The Morgan fingerprint density at radius 1 is 1.07 bits per heavy atom. The van der Waals surface area contributed by atoms with Crippen molar-refractivity contribution < 1.29 is 18.9 Å². The first kappa shape index (κ1) is 17.3. The smallest absolute Gasteiger partial charge is 0.329 e. The molecule has 0 rings (SSSR count). The molecule has 0 unspecified atom stereocenters. The highest BCUT2D eigenvalue weighted by atomic mass is 31.2. The van der Waals surface area contributed by atoms with E-state index in [-0.39, 0.29) is 13.2 Å². The number of phosphoric acid groups is 1.